The first-order valence-corrected chi connectivity index (χ1v) is 3.28. The zero-order chi connectivity index (χ0) is 7.56. The third-order valence-corrected chi connectivity index (χ3v) is 1.63. The van der Waals surface area contributed by atoms with Gasteiger partial charge in [0.05, 0.1) is 0 Å². The van der Waals surface area contributed by atoms with Crippen molar-refractivity contribution in [2.24, 2.45) is 0 Å². The Labute approximate surface area is 64.6 Å². The maximum Gasteiger partial charge on any atom is 0.115 e. The lowest BCUT2D eigenvalue weighted by atomic mass is 10.1. The second-order valence-electron chi connectivity index (χ2n) is 2.06. The molecule has 0 nitrogen and oxygen atoms in total. The minimum atomic E-state index is -0.459. The summed E-state index contributed by atoms with van der Waals surface area (Å²) in [4.78, 5) is 0. The standard InChI is InChI=1S/C8H7ClF/c1-6-4-7(5-10)2-3-8(6)9/h2-4H,1,5H2. The normalized spacial score (nSPS) is 9.90. The monoisotopic (exact) mass is 157 g/mol. The van der Waals surface area contributed by atoms with Crippen molar-refractivity contribution in [1.82, 2.24) is 0 Å². The van der Waals surface area contributed by atoms with Crippen LogP contribution in [0.1, 0.15) is 11.1 Å². The van der Waals surface area contributed by atoms with Crippen molar-refractivity contribution in [2.45, 2.75) is 6.67 Å². The minimum absolute atomic E-state index is 0.459. The summed E-state index contributed by atoms with van der Waals surface area (Å²) in [7, 11) is 0. The summed E-state index contributed by atoms with van der Waals surface area (Å²) in [5, 5.41) is 0.581. The van der Waals surface area contributed by atoms with Crippen molar-refractivity contribution in [1.29, 1.82) is 0 Å². The molecule has 0 spiro atoms. The number of benzene rings is 1. The molecule has 0 bridgehead atoms. The molecule has 0 aromatic heterocycles. The molecule has 0 unspecified atom stereocenters. The number of rotatable bonds is 1. The van der Waals surface area contributed by atoms with Gasteiger partial charge in [-0.1, -0.05) is 23.7 Å². The fourth-order valence-electron chi connectivity index (χ4n) is 0.711. The molecule has 0 aliphatic heterocycles. The van der Waals surface area contributed by atoms with Crippen LogP contribution in [0.2, 0.25) is 5.02 Å². The molecule has 2 heteroatoms. The predicted molar refractivity (Wildman–Crippen MR) is 40.7 cm³/mol. The summed E-state index contributed by atoms with van der Waals surface area (Å²) < 4.78 is 12.0. The average molecular weight is 158 g/mol. The molecule has 0 saturated heterocycles. The van der Waals surface area contributed by atoms with Gasteiger partial charge in [0.25, 0.3) is 0 Å². The number of alkyl halides is 1. The van der Waals surface area contributed by atoms with Crippen LogP contribution in [0.15, 0.2) is 18.2 Å². The van der Waals surface area contributed by atoms with Crippen molar-refractivity contribution >= 4 is 11.6 Å². The van der Waals surface area contributed by atoms with Crippen LogP contribution in [-0.2, 0) is 6.67 Å². The molecule has 0 aliphatic rings. The number of hydrogen-bond acceptors (Lipinski definition) is 0. The first-order chi connectivity index (χ1) is 4.74. The van der Waals surface area contributed by atoms with Crippen LogP contribution in [0.3, 0.4) is 0 Å². The second-order valence-corrected chi connectivity index (χ2v) is 2.47. The van der Waals surface area contributed by atoms with Crippen LogP contribution >= 0.6 is 11.6 Å². The van der Waals surface area contributed by atoms with E-state index in [9.17, 15) is 4.39 Å². The van der Waals surface area contributed by atoms with E-state index in [1.54, 1.807) is 18.2 Å². The topological polar surface area (TPSA) is 0 Å². The fourth-order valence-corrected chi connectivity index (χ4v) is 0.829. The van der Waals surface area contributed by atoms with E-state index in [4.69, 9.17) is 11.6 Å². The number of hydrogen-bond donors (Lipinski definition) is 0. The molecule has 1 rings (SSSR count). The van der Waals surface area contributed by atoms with Crippen LogP contribution in [-0.4, -0.2) is 0 Å². The van der Waals surface area contributed by atoms with Crippen molar-refractivity contribution in [3.8, 4) is 0 Å². The maximum absolute atomic E-state index is 12.0. The van der Waals surface area contributed by atoms with Gasteiger partial charge in [-0.2, -0.15) is 0 Å². The van der Waals surface area contributed by atoms with Crippen LogP contribution in [0.4, 0.5) is 4.39 Å². The van der Waals surface area contributed by atoms with E-state index in [0.29, 0.717) is 16.1 Å². The Balaban J connectivity index is 3.04. The summed E-state index contributed by atoms with van der Waals surface area (Å²) in [6.45, 7) is 3.17. The summed E-state index contributed by atoms with van der Waals surface area (Å²) in [5.74, 6) is 0. The van der Waals surface area contributed by atoms with E-state index < -0.39 is 6.67 Å². The summed E-state index contributed by atoms with van der Waals surface area (Å²) in [6.07, 6.45) is 0. The molecule has 1 radical (unpaired) electrons. The van der Waals surface area contributed by atoms with Crippen molar-refractivity contribution in [3.63, 3.8) is 0 Å². The Bertz CT molecular complexity index is 233. The first kappa shape index (κ1) is 7.55. The molecule has 1 aromatic rings. The molecule has 0 amide bonds. The van der Waals surface area contributed by atoms with Gasteiger partial charge >= 0.3 is 0 Å². The van der Waals surface area contributed by atoms with Gasteiger partial charge in [-0.05, 0) is 24.1 Å². The van der Waals surface area contributed by atoms with Crippen molar-refractivity contribution in [3.05, 3.63) is 41.3 Å². The summed E-state index contributed by atoms with van der Waals surface area (Å²) in [5.41, 5.74) is 1.30. The molecule has 10 heavy (non-hydrogen) atoms. The third kappa shape index (κ3) is 1.48. The molecular weight excluding hydrogens is 151 g/mol. The largest absolute Gasteiger partial charge is 0.246 e. The third-order valence-electron chi connectivity index (χ3n) is 1.26. The van der Waals surface area contributed by atoms with Crippen LogP contribution in [0.5, 0.6) is 0 Å². The van der Waals surface area contributed by atoms with Crippen LogP contribution in [0, 0.1) is 6.92 Å². The van der Waals surface area contributed by atoms with Gasteiger partial charge < -0.3 is 0 Å². The summed E-state index contributed by atoms with van der Waals surface area (Å²) in [6, 6.07) is 4.94. The average Bonchev–Trinajstić information content (AvgIpc) is 1.95. The quantitative estimate of drug-likeness (QED) is 0.588. The molecule has 0 heterocycles. The number of halogens is 2. The van der Waals surface area contributed by atoms with Crippen LogP contribution < -0.4 is 0 Å². The molecule has 0 saturated carbocycles. The highest BCUT2D eigenvalue weighted by molar-refractivity contribution is 6.31. The van der Waals surface area contributed by atoms with Gasteiger partial charge in [-0.3, -0.25) is 0 Å². The highest BCUT2D eigenvalue weighted by atomic mass is 35.5. The second kappa shape index (κ2) is 3.02. The molecule has 0 N–H and O–H groups in total. The van der Waals surface area contributed by atoms with E-state index in [2.05, 4.69) is 6.92 Å². The first-order valence-electron chi connectivity index (χ1n) is 2.90. The van der Waals surface area contributed by atoms with Gasteiger partial charge in [-0.25, -0.2) is 4.39 Å². The minimum Gasteiger partial charge on any atom is -0.246 e. The van der Waals surface area contributed by atoms with E-state index >= 15 is 0 Å². The van der Waals surface area contributed by atoms with Crippen molar-refractivity contribution in [2.75, 3.05) is 0 Å². The molecule has 53 valence electrons. The van der Waals surface area contributed by atoms with Crippen LogP contribution in [0.25, 0.3) is 0 Å². The highest BCUT2D eigenvalue weighted by Crippen LogP contribution is 2.16. The zero-order valence-electron chi connectivity index (χ0n) is 5.40. The maximum atomic E-state index is 12.0. The predicted octanol–water partition coefficient (Wildman–Crippen LogP) is 2.99. The Hall–Kier alpha value is -0.560. The lowest BCUT2D eigenvalue weighted by molar-refractivity contribution is 0.485. The van der Waals surface area contributed by atoms with E-state index in [-0.39, 0.29) is 0 Å². The van der Waals surface area contributed by atoms with Gasteiger partial charge in [-0.15, -0.1) is 0 Å². The Morgan fingerprint density at radius 1 is 1.50 bits per heavy atom. The SMILES string of the molecule is [CH2]c1cc(CF)ccc1Cl. The molecule has 0 aliphatic carbocycles. The smallest absolute Gasteiger partial charge is 0.115 e. The van der Waals surface area contributed by atoms with Crippen molar-refractivity contribution < 1.29 is 4.39 Å². The highest BCUT2D eigenvalue weighted by Gasteiger charge is 1.95. The Morgan fingerprint density at radius 3 is 2.70 bits per heavy atom. The Kier molecular flexibility index (Phi) is 2.28. The molecule has 1 aromatic carbocycles. The van der Waals surface area contributed by atoms with E-state index in [1.807, 2.05) is 0 Å². The molecule has 0 fully saturated rings. The molecule has 0 atom stereocenters. The van der Waals surface area contributed by atoms with Gasteiger partial charge in [0.1, 0.15) is 6.67 Å². The fraction of sp³-hybridized carbons (Fsp3) is 0.125. The summed E-state index contributed by atoms with van der Waals surface area (Å²) >= 11 is 5.65. The Morgan fingerprint density at radius 2 is 2.20 bits per heavy atom. The lowest BCUT2D eigenvalue weighted by Crippen LogP contribution is -1.80. The van der Waals surface area contributed by atoms with E-state index in [1.165, 1.54) is 0 Å². The zero-order valence-corrected chi connectivity index (χ0v) is 6.16. The lowest BCUT2D eigenvalue weighted by Gasteiger charge is -1.97. The van der Waals surface area contributed by atoms with Gasteiger partial charge in [0.15, 0.2) is 0 Å². The van der Waals surface area contributed by atoms with Gasteiger partial charge in [0, 0.05) is 5.02 Å². The van der Waals surface area contributed by atoms with E-state index in [0.717, 1.165) is 0 Å². The van der Waals surface area contributed by atoms with Gasteiger partial charge in [0.2, 0.25) is 0 Å². The molecular formula is C8H7ClF.